The normalized spacial score (nSPS) is 10.8. The van der Waals surface area contributed by atoms with E-state index in [1.54, 1.807) is 18.2 Å². The van der Waals surface area contributed by atoms with Crippen molar-refractivity contribution >= 4 is 5.78 Å². The van der Waals surface area contributed by atoms with Crippen LogP contribution in [-0.2, 0) is 6.42 Å². The third-order valence-corrected chi connectivity index (χ3v) is 2.51. The summed E-state index contributed by atoms with van der Waals surface area (Å²) in [6.45, 7) is 5.58. The lowest BCUT2D eigenvalue weighted by Crippen LogP contribution is -2.22. The first kappa shape index (κ1) is 13.2. The summed E-state index contributed by atoms with van der Waals surface area (Å²) >= 11 is 0. The highest BCUT2D eigenvalue weighted by Crippen LogP contribution is 2.30. The Morgan fingerprint density at radius 1 is 1.41 bits per heavy atom. The first-order valence-corrected chi connectivity index (χ1v) is 5.49. The minimum absolute atomic E-state index is 0.000185. The molecule has 0 N–H and O–H groups in total. The summed E-state index contributed by atoms with van der Waals surface area (Å²) in [5, 5.41) is 8.79. The number of carbonyl (C=O) groups excluding carboxylic acids is 1. The quantitative estimate of drug-likeness (QED) is 0.751. The number of Topliss-reactive ketones (excluding diaryl/α,β-unsaturated/α-hetero) is 1. The summed E-state index contributed by atoms with van der Waals surface area (Å²) in [5.74, 6) is 0.540. The predicted molar refractivity (Wildman–Crippen MR) is 66.1 cm³/mol. The smallest absolute Gasteiger partial charge is 0.172 e. The Kier molecular flexibility index (Phi) is 3.90. The van der Waals surface area contributed by atoms with Gasteiger partial charge >= 0.3 is 0 Å². The van der Waals surface area contributed by atoms with Gasteiger partial charge in [0.2, 0.25) is 0 Å². The molecule has 0 spiro atoms. The van der Waals surface area contributed by atoms with Crippen molar-refractivity contribution in [2.75, 3.05) is 7.11 Å². The Morgan fingerprint density at radius 3 is 2.53 bits per heavy atom. The molecule has 1 rings (SSSR count). The van der Waals surface area contributed by atoms with Crippen LogP contribution in [0.2, 0.25) is 0 Å². The van der Waals surface area contributed by atoms with E-state index in [1.807, 2.05) is 20.8 Å². The molecule has 0 fully saturated rings. The number of carbonyl (C=O) groups is 1. The number of ketones is 1. The highest BCUT2D eigenvalue weighted by atomic mass is 16.5. The number of rotatable bonds is 3. The molecule has 0 amide bonds. The molecule has 0 bridgehead atoms. The van der Waals surface area contributed by atoms with Crippen LogP contribution in [0.15, 0.2) is 18.2 Å². The number of methoxy groups -OCH3 is 1. The zero-order valence-corrected chi connectivity index (χ0v) is 10.7. The monoisotopic (exact) mass is 231 g/mol. The van der Waals surface area contributed by atoms with Crippen LogP contribution in [0.25, 0.3) is 0 Å². The molecule has 3 heteroatoms. The SMILES string of the molecule is COc1cccc(CC#N)c1C(=O)C(C)(C)C. The fraction of sp³-hybridized carbons (Fsp3) is 0.429. The summed E-state index contributed by atoms with van der Waals surface area (Å²) < 4.78 is 5.22. The number of ether oxygens (including phenoxy) is 1. The molecule has 0 radical (unpaired) electrons. The van der Waals surface area contributed by atoms with Gasteiger partial charge in [0.1, 0.15) is 5.75 Å². The molecule has 0 aliphatic carbocycles. The molecule has 0 saturated carbocycles. The molecule has 17 heavy (non-hydrogen) atoms. The lowest BCUT2D eigenvalue weighted by Gasteiger charge is -2.20. The average Bonchev–Trinajstić information content (AvgIpc) is 2.27. The molecule has 3 nitrogen and oxygen atoms in total. The molecule has 0 unspecified atom stereocenters. The average molecular weight is 231 g/mol. The molecule has 0 aliphatic heterocycles. The van der Waals surface area contributed by atoms with E-state index < -0.39 is 5.41 Å². The summed E-state index contributed by atoms with van der Waals surface area (Å²) in [4.78, 5) is 12.4. The predicted octanol–water partition coefficient (Wildman–Crippen LogP) is 2.99. The van der Waals surface area contributed by atoms with Crippen molar-refractivity contribution in [2.24, 2.45) is 5.41 Å². The van der Waals surface area contributed by atoms with Gasteiger partial charge < -0.3 is 4.74 Å². The van der Waals surface area contributed by atoms with E-state index in [1.165, 1.54) is 7.11 Å². The van der Waals surface area contributed by atoms with Gasteiger partial charge in [0, 0.05) is 5.41 Å². The first-order valence-electron chi connectivity index (χ1n) is 5.49. The van der Waals surface area contributed by atoms with Crippen LogP contribution in [0.3, 0.4) is 0 Å². The number of hydrogen-bond donors (Lipinski definition) is 0. The minimum Gasteiger partial charge on any atom is -0.496 e. The minimum atomic E-state index is -0.487. The van der Waals surface area contributed by atoms with Gasteiger partial charge in [0.15, 0.2) is 5.78 Å². The molecule has 1 aromatic carbocycles. The second-order valence-electron chi connectivity index (χ2n) is 4.91. The maximum atomic E-state index is 12.4. The number of nitrogens with zero attached hydrogens (tertiary/aromatic N) is 1. The third-order valence-electron chi connectivity index (χ3n) is 2.51. The summed E-state index contributed by atoms with van der Waals surface area (Å²) in [5.41, 5.74) is 0.773. The van der Waals surface area contributed by atoms with Crippen LogP contribution in [-0.4, -0.2) is 12.9 Å². The van der Waals surface area contributed by atoms with Crippen LogP contribution in [0.5, 0.6) is 5.75 Å². The molecule has 0 saturated heterocycles. The van der Waals surface area contributed by atoms with Crippen molar-refractivity contribution in [3.63, 3.8) is 0 Å². The van der Waals surface area contributed by atoms with Gasteiger partial charge in [0.05, 0.1) is 25.2 Å². The zero-order chi connectivity index (χ0) is 13.1. The summed E-state index contributed by atoms with van der Waals surface area (Å²) in [7, 11) is 1.53. The van der Waals surface area contributed by atoms with Gasteiger partial charge in [-0.2, -0.15) is 5.26 Å². The van der Waals surface area contributed by atoms with Crippen LogP contribution in [0.1, 0.15) is 36.7 Å². The number of benzene rings is 1. The van der Waals surface area contributed by atoms with E-state index in [0.717, 1.165) is 5.56 Å². The molecule has 90 valence electrons. The lowest BCUT2D eigenvalue weighted by molar-refractivity contribution is 0.0854. The van der Waals surface area contributed by atoms with Crippen molar-refractivity contribution in [3.05, 3.63) is 29.3 Å². The Morgan fingerprint density at radius 2 is 2.06 bits per heavy atom. The van der Waals surface area contributed by atoms with E-state index in [0.29, 0.717) is 11.3 Å². The van der Waals surface area contributed by atoms with E-state index in [2.05, 4.69) is 6.07 Å². The molecule has 0 aromatic heterocycles. The topological polar surface area (TPSA) is 50.1 Å². The van der Waals surface area contributed by atoms with Crippen LogP contribution in [0, 0.1) is 16.7 Å². The fourth-order valence-corrected chi connectivity index (χ4v) is 1.61. The second-order valence-corrected chi connectivity index (χ2v) is 4.91. The molecule has 0 heterocycles. The third kappa shape index (κ3) is 2.85. The van der Waals surface area contributed by atoms with E-state index >= 15 is 0 Å². The van der Waals surface area contributed by atoms with Gasteiger partial charge in [-0.15, -0.1) is 0 Å². The van der Waals surface area contributed by atoms with Crippen molar-refractivity contribution < 1.29 is 9.53 Å². The first-order chi connectivity index (χ1) is 7.91. The molecule has 1 aromatic rings. The Hall–Kier alpha value is -1.82. The largest absolute Gasteiger partial charge is 0.496 e. The Bertz CT molecular complexity index is 464. The second kappa shape index (κ2) is 5.01. The number of hydrogen-bond acceptors (Lipinski definition) is 3. The van der Waals surface area contributed by atoms with Crippen molar-refractivity contribution in [1.29, 1.82) is 5.26 Å². The van der Waals surface area contributed by atoms with Crippen molar-refractivity contribution in [1.82, 2.24) is 0 Å². The van der Waals surface area contributed by atoms with Gasteiger partial charge in [-0.3, -0.25) is 4.79 Å². The van der Waals surface area contributed by atoms with Crippen LogP contribution in [0.4, 0.5) is 0 Å². The summed E-state index contributed by atoms with van der Waals surface area (Å²) in [6, 6.07) is 7.42. The van der Waals surface area contributed by atoms with Crippen LogP contribution < -0.4 is 4.74 Å². The molecule has 0 atom stereocenters. The number of nitriles is 1. The summed E-state index contributed by atoms with van der Waals surface area (Å²) in [6.07, 6.45) is 0.217. The van der Waals surface area contributed by atoms with Gasteiger partial charge in [0.25, 0.3) is 0 Å². The van der Waals surface area contributed by atoms with E-state index in [9.17, 15) is 4.79 Å². The molecular formula is C14H17NO2. The Labute approximate surface area is 102 Å². The maximum Gasteiger partial charge on any atom is 0.172 e. The van der Waals surface area contributed by atoms with Crippen molar-refractivity contribution in [2.45, 2.75) is 27.2 Å². The molecule has 0 aliphatic rings. The van der Waals surface area contributed by atoms with E-state index in [-0.39, 0.29) is 12.2 Å². The van der Waals surface area contributed by atoms with E-state index in [4.69, 9.17) is 10.00 Å². The molecular weight excluding hydrogens is 214 g/mol. The zero-order valence-electron chi connectivity index (χ0n) is 10.7. The van der Waals surface area contributed by atoms with Gasteiger partial charge in [-0.1, -0.05) is 32.9 Å². The van der Waals surface area contributed by atoms with Crippen LogP contribution >= 0.6 is 0 Å². The van der Waals surface area contributed by atoms with Gasteiger partial charge in [-0.25, -0.2) is 0 Å². The highest BCUT2D eigenvalue weighted by molar-refractivity contribution is 6.03. The lowest BCUT2D eigenvalue weighted by atomic mass is 9.84. The Balaban J connectivity index is 3.38. The maximum absolute atomic E-state index is 12.4. The van der Waals surface area contributed by atoms with Crippen molar-refractivity contribution in [3.8, 4) is 11.8 Å². The fourth-order valence-electron chi connectivity index (χ4n) is 1.61. The van der Waals surface area contributed by atoms with Gasteiger partial charge in [-0.05, 0) is 11.6 Å². The highest BCUT2D eigenvalue weighted by Gasteiger charge is 2.27. The standard InChI is InChI=1S/C14H17NO2/c1-14(2,3)13(16)12-10(8-9-15)6-5-7-11(12)17-4/h5-7H,8H2,1-4H3.